The van der Waals surface area contributed by atoms with Gasteiger partial charge in [-0.2, -0.15) is 0 Å². The van der Waals surface area contributed by atoms with Crippen LogP contribution < -0.4 is 10.2 Å². The molecule has 2 aliphatic heterocycles. The van der Waals surface area contributed by atoms with Gasteiger partial charge in [-0.3, -0.25) is 4.79 Å². The molecule has 0 aromatic carbocycles. The van der Waals surface area contributed by atoms with Crippen molar-refractivity contribution in [1.82, 2.24) is 15.2 Å². The minimum atomic E-state index is -0.351. The van der Waals surface area contributed by atoms with Crippen LogP contribution in [0.4, 0.5) is 5.82 Å². The van der Waals surface area contributed by atoms with Crippen molar-refractivity contribution >= 4 is 30.1 Å². The second kappa shape index (κ2) is 8.30. The standard InChI is InChI=1S/C16H22N4O3.ClH/c1-2-23-16(22)12-3-4-14(18-11-12)19-5-7-20(8-6-19)15(21)13-9-17-10-13;/h3-4,11,13,17H,2,5-10H2,1H3;1H. The predicted octanol–water partition coefficient (Wildman–Crippen LogP) is 0.548. The maximum Gasteiger partial charge on any atom is 0.339 e. The molecule has 0 saturated carbocycles. The van der Waals surface area contributed by atoms with E-state index in [1.165, 1.54) is 0 Å². The Morgan fingerprint density at radius 1 is 1.25 bits per heavy atom. The quantitative estimate of drug-likeness (QED) is 0.796. The van der Waals surface area contributed by atoms with Gasteiger partial charge in [0.2, 0.25) is 5.91 Å². The molecule has 2 aliphatic rings. The largest absolute Gasteiger partial charge is 0.462 e. The molecule has 3 heterocycles. The number of amides is 1. The first-order valence-corrected chi connectivity index (χ1v) is 8.06. The molecule has 3 rings (SSSR count). The first-order chi connectivity index (χ1) is 11.2. The maximum atomic E-state index is 12.2. The van der Waals surface area contributed by atoms with E-state index in [-0.39, 0.29) is 30.2 Å². The van der Waals surface area contributed by atoms with Crippen molar-refractivity contribution in [2.24, 2.45) is 5.92 Å². The molecule has 2 saturated heterocycles. The number of nitrogens with one attached hydrogen (secondary N) is 1. The third-order valence-electron chi connectivity index (χ3n) is 4.31. The monoisotopic (exact) mass is 354 g/mol. The molecule has 0 atom stereocenters. The first-order valence-electron chi connectivity index (χ1n) is 8.06. The number of hydrogen-bond donors (Lipinski definition) is 1. The molecule has 2 fully saturated rings. The molecule has 8 heteroatoms. The number of esters is 1. The molecular formula is C16H23ClN4O3. The number of nitrogens with zero attached hydrogens (tertiary/aromatic N) is 3. The second-order valence-corrected chi connectivity index (χ2v) is 5.79. The Bertz CT molecular complexity index is 569. The molecule has 0 spiro atoms. The molecule has 0 unspecified atom stereocenters. The number of ether oxygens (including phenoxy) is 1. The lowest BCUT2D eigenvalue weighted by Gasteiger charge is -2.38. The van der Waals surface area contributed by atoms with Crippen LogP contribution >= 0.6 is 12.4 Å². The highest BCUT2D eigenvalue weighted by molar-refractivity contribution is 5.89. The van der Waals surface area contributed by atoms with Crippen LogP contribution in [0.1, 0.15) is 17.3 Å². The highest BCUT2D eigenvalue weighted by atomic mass is 35.5. The average Bonchev–Trinajstić information content (AvgIpc) is 2.54. The molecule has 1 aromatic heterocycles. The minimum absolute atomic E-state index is 0. The van der Waals surface area contributed by atoms with E-state index in [0.29, 0.717) is 12.2 Å². The Kier molecular flexibility index (Phi) is 6.39. The molecule has 1 aromatic rings. The maximum absolute atomic E-state index is 12.2. The van der Waals surface area contributed by atoms with Gasteiger partial charge < -0.3 is 19.9 Å². The van der Waals surface area contributed by atoms with Gasteiger partial charge in [0.05, 0.1) is 18.1 Å². The predicted molar refractivity (Wildman–Crippen MR) is 92.6 cm³/mol. The van der Waals surface area contributed by atoms with E-state index < -0.39 is 0 Å². The van der Waals surface area contributed by atoms with Gasteiger partial charge >= 0.3 is 5.97 Å². The molecule has 1 N–H and O–H groups in total. The van der Waals surface area contributed by atoms with E-state index in [0.717, 1.165) is 45.1 Å². The SMILES string of the molecule is CCOC(=O)c1ccc(N2CCN(C(=O)C3CNC3)CC2)nc1.Cl. The first kappa shape index (κ1) is 18.5. The van der Waals surface area contributed by atoms with Crippen molar-refractivity contribution in [3.63, 3.8) is 0 Å². The highest BCUT2D eigenvalue weighted by Crippen LogP contribution is 2.16. The van der Waals surface area contributed by atoms with Crippen LogP contribution in [-0.4, -0.2) is 67.6 Å². The smallest absolute Gasteiger partial charge is 0.339 e. The van der Waals surface area contributed by atoms with Gasteiger partial charge in [-0.1, -0.05) is 0 Å². The summed E-state index contributed by atoms with van der Waals surface area (Å²) in [5.41, 5.74) is 0.460. The van der Waals surface area contributed by atoms with E-state index in [9.17, 15) is 9.59 Å². The van der Waals surface area contributed by atoms with E-state index >= 15 is 0 Å². The van der Waals surface area contributed by atoms with Crippen LogP contribution in [0.25, 0.3) is 0 Å². The number of hydrogen-bond acceptors (Lipinski definition) is 6. The summed E-state index contributed by atoms with van der Waals surface area (Å²) in [5, 5.41) is 3.13. The number of aromatic nitrogens is 1. The summed E-state index contributed by atoms with van der Waals surface area (Å²) >= 11 is 0. The minimum Gasteiger partial charge on any atom is -0.462 e. The lowest BCUT2D eigenvalue weighted by molar-refractivity contribution is -0.137. The van der Waals surface area contributed by atoms with Gasteiger partial charge in [0, 0.05) is 45.5 Å². The lowest BCUT2D eigenvalue weighted by atomic mass is 10.0. The zero-order valence-corrected chi connectivity index (χ0v) is 14.6. The van der Waals surface area contributed by atoms with Gasteiger partial charge in [-0.25, -0.2) is 9.78 Å². The summed E-state index contributed by atoms with van der Waals surface area (Å²) in [7, 11) is 0. The van der Waals surface area contributed by atoms with Crippen molar-refractivity contribution in [3.05, 3.63) is 23.9 Å². The molecular weight excluding hydrogens is 332 g/mol. The summed E-state index contributed by atoms with van der Waals surface area (Å²) in [5.74, 6) is 0.893. The Balaban J connectivity index is 0.00000208. The Morgan fingerprint density at radius 2 is 1.96 bits per heavy atom. The van der Waals surface area contributed by atoms with E-state index in [2.05, 4.69) is 15.2 Å². The second-order valence-electron chi connectivity index (χ2n) is 5.79. The number of piperazine rings is 1. The van der Waals surface area contributed by atoms with Gasteiger partial charge in [-0.15, -0.1) is 12.4 Å². The number of pyridine rings is 1. The Morgan fingerprint density at radius 3 is 2.46 bits per heavy atom. The van der Waals surface area contributed by atoms with Crippen molar-refractivity contribution in [3.8, 4) is 0 Å². The molecule has 7 nitrogen and oxygen atoms in total. The number of halogens is 1. The van der Waals surface area contributed by atoms with E-state index in [1.54, 1.807) is 19.2 Å². The van der Waals surface area contributed by atoms with Crippen LogP contribution in [0.2, 0.25) is 0 Å². The third-order valence-corrected chi connectivity index (χ3v) is 4.31. The Hall–Kier alpha value is -1.86. The van der Waals surface area contributed by atoms with Crippen molar-refractivity contribution in [2.75, 3.05) is 50.8 Å². The van der Waals surface area contributed by atoms with Crippen LogP contribution in [0, 0.1) is 5.92 Å². The molecule has 0 aliphatic carbocycles. The number of anilines is 1. The summed E-state index contributed by atoms with van der Waals surface area (Å²) in [4.78, 5) is 32.3. The van der Waals surface area contributed by atoms with Gasteiger partial charge in [0.1, 0.15) is 5.82 Å². The molecule has 0 radical (unpaired) electrons. The van der Waals surface area contributed by atoms with Crippen LogP contribution in [0.5, 0.6) is 0 Å². The zero-order valence-electron chi connectivity index (χ0n) is 13.7. The summed E-state index contributed by atoms with van der Waals surface area (Å²) in [6.45, 7) is 6.70. The summed E-state index contributed by atoms with van der Waals surface area (Å²) in [6.07, 6.45) is 1.55. The fourth-order valence-electron chi connectivity index (χ4n) is 2.79. The van der Waals surface area contributed by atoms with Crippen LogP contribution in [0.15, 0.2) is 18.3 Å². The van der Waals surface area contributed by atoms with Crippen molar-refractivity contribution < 1.29 is 14.3 Å². The fraction of sp³-hybridized carbons (Fsp3) is 0.562. The molecule has 132 valence electrons. The topological polar surface area (TPSA) is 74.8 Å². The average molecular weight is 355 g/mol. The zero-order chi connectivity index (χ0) is 16.2. The van der Waals surface area contributed by atoms with Gasteiger partial charge in [0.25, 0.3) is 0 Å². The Labute approximate surface area is 147 Å². The normalized spacial score (nSPS) is 17.7. The summed E-state index contributed by atoms with van der Waals surface area (Å²) in [6, 6.07) is 3.57. The molecule has 1 amide bonds. The van der Waals surface area contributed by atoms with Crippen LogP contribution in [0.3, 0.4) is 0 Å². The van der Waals surface area contributed by atoms with Gasteiger partial charge in [0.15, 0.2) is 0 Å². The van der Waals surface area contributed by atoms with E-state index in [1.807, 2.05) is 11.0 Å². The number of rotatable bonds is 4. The summed E-state index contributed by atoms with van der Waals surface area (Å²) < 4.78 is 4.95. The lowest BCUT2D eigenvalue weighted by Crippen LogP contribution is -2.56. The van der Waals surface area contributed by atoms with Gasteiger partial charge in [-0.05, 0) is 19.1 Å². The fourth-order valence-corrected chi connectivity index (χ4v) is 2.79. The van der Waals surface area contributed by atoms with Crippen LogP contribution in [-0.2, 0) is 9.53 Å². The third kappa shape index (κ3) is 3.96. The van der Waals surface area contributed by atoms with Crippen molar-refractivity contribution in [1.29, 1.82) is 0 Å². The van der Waals surface area contributed by atoms with Crippen molar-refractivity contribution in [2.45, 2.75) is 6.92 Å². The van der Waals surface area contributed by atoms with E-state index in [4.69, 9.17) is 4.74 Å². The number of carbonyl (C=O) groups is 2. The molecule has 24 heavy (non-hydrogen) atoms. The molecule has 0 bridgehead atoms. The number of carbonyl (C=O) groups excluding carboxylic acids is 2. The highest BCUT2D eigenvalue weighted by Gasteiger charge is 2.31.